The molecule has 0 atom stereocenters. The zero-order valence-electron chi connectivity index (χ0n) is 7.96. The Hall–Kier alpha value is -2.16. The lowest BCUT2D eigenvalue weighted by molar-refractivity contribution is 0.101. The van der Waals surface area contributed by atoms with Gasteiger partial charge in [-0.25, -0.2) is 4.98 Å². The van der Waals surface area contributed by atoms with E-state index in [2.05, 4.69) is 4.98 Å². The molecule has 0 amide bonds. The highest BCUT2D eigenvalue weighted by molar-refractivity contribution is 6.03. The summed E-state index contributed by atoms with van der Waals surface area (Å²) >= 11 is 0. The molecule has 0 aliphatic rings. The lowest BCUT2D eigenvalue weighted by Gasteiger charge is -1.90. The third-order valence-electron chi connectivity index (χ3n) is 1.87. The van der Waals surface area contributed by atoms with Gasteiger partial charge in [0.15, 0.2) is 0 Å². The van der Waals surface area contributed by atoms with Gasteiger partial charge < -0.3 is 4.42 Å². The standard InChI is InChI=1S/C12H9NO2/c14-11(12-13-8-9-15-12)7-6-10-4-2-1-3-5-10/h1-9H/b7-6+. The van der Waals surface area contributed by atoms with Gasteiger partial charge in [0, 0.05) is 0 Å². The zero-order valence-corrected chi connectivity index (χ0v) is 7.96. The van der Waals surface area contributed by atoms with E-state index in [1.54, 1.807) is 6.08 Å². The summed E-state index contributed by atoms with van der Waals surface area (Å²) in [6.07, 6.45) is 6.00. The van der Waals surface area contributed by atoms with Crippen molar-refractivity contribution in [2.45, 2.75) is 0 Å². The first-order valence-corrected chi connectivity index (χ1v) is 4.53. The maximum atomic E-state index is 11.4. The predicted molar refractivity (Wildman–Crippen MR) is 56.3 cm³/mol. The Morgan fingerprint density at radius 2 is 2.07 bits per heavy atom. The molecule has 0 aliphatic heterocycles. The van der Waals surface area contributed by atoms with E-state index in [1.807, 2.05) is 30.3 Å². The monoisotopic (exact) mass is 199 g/mol. The fourth-order valence-corrected chi connectivity index (χ4v) is 1.15. The van der Waals surface area contributed by atoms with E-state index < -0.39 is 0 Å². The van der Waals surface area contributed by atoms with Crippen LogP contribution in [0.15, 0.2) is 53.3 Å². The third kappa shape index (κ3) is 2.40. The molecule has 3 heteroatoms. The minimum atomic E-state index is -0.233. The number of oxazole rings is 1. The second-order valence-electron chi connectivity index (χ2n) is 2.95. The van der Waals surface area contributed by atoms with Gasteiger partial charge in [0.25, 0.3) is 5.89 Å². The number of aromatic nitrogens is 1. The van der Waals surface area contributed by atoms with Crippen LogP contribution in [0.5, 0.6) is 0 Å². The van der Waals surface area contributed by atoms with Crippen molar-refractivity contribution in [1.82, 2.24) is 4.98 Å². The van der Waals surface area contributed by atoms with Crippen LogP contribution in [0.25, 0.3) is 6.08 Å². The second-order valence-corrected chi connectivity index (χ2v) is 2.95. The topological polar surface area (TPSA) is 43.1 Å². The molecule has 15 heavy (non-hydrogen) atoms. The molecule has 0 aliphatic carbocycles. The van der Waals surface area contributed by atoms with Crippen LogP contribution in [-0.4, -0.2) is 10.8 Å². The summed E-state index contributed by atoms with van der Waals surface area (Å²) in [7, 11) is 0. The summed E-state index contributed by atoms with van der Waals surface area (Å²) in [5, 5.41) is 0. The molecule has 0 N–H and O–H groups in total. The number of nitrogens with zero attached hydrogens (tertiary/aromatic N) is 1. The quantitative estimate of drug-likeness (QED) is 0.563. The number of carbonyl (C=O) groups excluding carboxylic acids is 1. The van der Waals surface area contributed by atoms with Gasteiger partial charge in [0.1, 0.15) is 6.26 Å². The maximum Gasteiger partial charge on any atom is 0.267 e. The Bertz CT molecular complexity index is 458. The van der Waals surface area contributed by atoms with E-state index in [0.717, 1.165) is 5.56 Å². The molecule has 1 heterocycles. The molecule has 1 aromatic heterocycles. The van der Waals surface area contributed by atoms with E-state index in [-0.39, 0.29) is 11.7 Å². The van der Waals surface area contributed by atoms with Gasteiger partial charge >= 0.3 is 0 Å². The third-order valence-corrected chi connectivity index (χ3v) is 1.87. The van der Waals surface area contributed by atoms with Gasteiger partial charge in [-0.15, -0.1) is 0 Å². The first-order valence-electron chi connectivity index (χ1n) is 4.53. The van der Waals surface area contributed by atoms with E-state index in [1.165, 1.54) is 18.5 Å². The first kappa shape index (κ1) is 9.40. The van der Waals surface area contributed by atoms with Gasteiger partial charge in [0.05, 0.1) is 6.20 Å². The number of rotatable bonds is 3. The number of hydrogen-bond donors (Lipinski definition) is 0. The van der Waals surface area contributed by atoms with Gasteiger partial charge in [-0.05, 0) is 11.6 Å². The smallest absolute Gasteiger partial charge is 0.267 e. The number of carbonyl (C=O) groups is 1. The Labute approximate surface area is 87.1 Å². The van der Waals surface area contributed by atoms with Crippen LogP contribution in [0.2, 0.25) is 0 Å². The highest BCUT2D eigenvalue weighted by Gasteiger charge is 2.04. The highest BCUT2D eigenvalue weighted by atomic mass is 16.3. The fraction of sp³-hybridized carbons (Fsp3) is 0. The molecule has 74 valence electrons. The van der Waals surface area contributed by atoms with Gasteiger partial charge in [-0.2, -0.15) is 0 Å². The summed E-state index contributed by atoms with van der Waals surface area (Å²) in [5.74, 6) is -0.119. The van der Waals surface area contributed by atoms with Crippen LogP contribution in [0, 0.1) is 0 Å². The lowest BCUT2D eigenvalue weighted by atomic mass is 10.2. The molecule has 0 fully saturated rings. The summed E-state index contributed by atoms with van der Waals surface area (Å²) < 4.78 is 4.87. The van der Waals surface area contributed by atoms with Crippen molar-refractivity contribution in [3.63, 3.8) is 0 Å². The van der Waals surface area contributed by atoms with E-state index in [0.29, 0.717) is 0 Å². The van der Waals surface area contributed by atoms with Crippen LogP contribution < -0.4 is 0 Å². The summed E-state index contributed by atoms with van der Waals surface area (Å²) in [6.45, 7) is 0. The SMILES string of the molecule is O=C(/C=C/c1ccccc1)c1ncco1. The Morgan fingerprint density at radius 3 is 2.73 bits per heavy atom. The van der Waals surface area contributed by atoms with Crippen molar-refractivity contribution in [3.05, 3.63) is 60.3 Å². The van der Waals surface area contributed by atoms with Crippen molar-refractivity contribution < 1.29 is 9.21 Å². The largest absolute Gasteiger partial charge is 0.442 e. The molecule has 0 saturated heterocycles. The maximum absolute atomic E-state index is 11.4. The average Bonchev–Trinajstić information content (AvgIpc) is 2.81. The minimum absolute atomic E-state index is 0.113. The van der Waals surface area contributed by atoms with Gasteiger partial charge in [-0.3, -0.25) is 4.79 Å². The van der Waals surface area contributed by atoms with Gasteiger partial charge in [-0.1, -0.05) is 36.4 Å². The molecule has 0 bridgehead atoms. The lowest BCUT2D eigenvalue weighted by Crippen LogP contribution is -1.93. The molecule has 2 rings (SSSR count). The Morgan fingerprint density at radius 1 is 1.27 bits per heavy atom. The molecule has 0 unspecified atom stereocenters. The molecular formula is C12H9NO2. The van der Waals surface area contributed by atoms with E-state index in [9.17, 15) is 4.79 Å². The van der Waals surface area contributed by atoms with Crippen LogP contribution in [-0.2, 0) is 0 Å². The highest BCUT2D eigenvalue weighted by Crippen LogP contribution is 2.03. The first-order chi connectivity index (χ1) is 7.36. The van der Waals surface area contributed by atoms with E-state index >= 15 is 0 Å². The summed E-state index contributed by atoms with van der Waals surface area (Å²) in [6, 6.07) is 9.58. The summed E-state index contributed by atoms with van der Waals surface area (Å²) in [5.41, 5.74) is 0.970. The molecule has 0 radical (unpaired) electrons. The molecule has 1 aromatic carbocycles. The normalized spacial score (nSPS) is 10.7. The molecular weight excluding hydrogens is 190 g/mol. The number of ketones is 1. The van der Waals surface area contributed by atoms with Crippen LogP contribution >= 0.6 is 0 Å². The number of hydrogen-bond acceptors (Lipinski definition) is 3. The Kier molecular flexibility index (Phi) is 2.74. The molecule has 0 saturated carbocycles. The van der Waals surface area contributed by atoms with Crippen molar-refractivity contribution in [3.8, 4) is 0 Å². The number of benzene rings is 1. The van der Waals surface area contributed by atoms with Crippen LogP contribution in [0.3, 0.4) is 0 Å². The zero-order chi connectivity index (χ0) is 10.5. The Balaban J connectivity index is 2.10. The molecule has 2 aromatic rings. The van der Waals surface area contributed by atoms with Gasteiger partial charge in [0.2, 0.25) is 5.78 Å². The van der Waals surface area contributed by atoms with Crippen molar-refractivity contribution in [2.24, 2.45) is 0 Å². The predicted octanol–water partition coefficient (Wildman–Crippen LogP) is 2.57. The average molecular weight is 199 g/mol. The van der Waals surface area contributed by atoms with Crippen molar-refractivity contribution >= 4 is 11.9 Å². The van der Waals surface area contributed by atoms with E-state index in [4.69, 9.17) is 4.42 Å². The van der Waals surface area contributed by atoms with Crippen LogP contribution in [0.1, 0.15) is 16.2 Å². The summed E-state index contributed by atoms with van der Waals surface area (Å²) in [4.78, 5) is 15.2. The molecule has 3 nitrogen and oxygen atoms in total. The van der Waals surface area contributed by atoms with Crippen LogP contribution in [0.4, 0.5) is 0 Å². The second kappa shape index (κ2) is 4.37. The minimum Gasteiger partial charge on any atom is -0.442 e. The van der Waals surface area contributed by atoms with Crippen molar-refractivity contribution in [2.75, 3.05) is 0 Å². The molecule has 0 spiro atoms. The number of allylic oxidation sites excluding steroid dienone is 1. The fourth-order valence-electron chi connectivity index (χ4n) is 1.15. The van der Waals surface area contributed by atoms with Crippen molar-refractivity contribution in [1.29, 1.82) is 0 Å².